The van der Waals surface area contributed by atoms with Gasteiger partial charge in [-0.25, -0.2) is 4.99 Å². The molecule has 1 aliphatic carbocycles. The Morgan fingerprint density at radius 2 is 1.58 bits per heavy atom. The van der Waals surface area contributed by atoms with Crippen LogP contribution in [0.25, 0.3) is 12.2 Å². The minimum Gasteiger partial charge on any atom is -0.300 e. The van der Waals surface area contributed by atoms with Crippen molar-refractivity contribution in [2.24, 2.45) is 9.98 Å². The Morgan fingerprint density at radius 3 is 2.23 bits per heavy atom. The van der Waals surface area contributed by atoms with Crippen LogP contribution >= 0.6 is 23.5 Å². The molecule has 1 fully saturated rings. The lowest BCUT2D eigenvalue weighted by Gasteiger charge is -2.21. The molecular formula is C21H19N3S2. The van der Waals surface area contributed by atoms with Crippen molar-refractivity contribution in [3.8, 4) is 0 Å². The van der Waals surface area contributed by atoms with E-state index in [1.165, 1.54) is 22.3 Å². The molecule has 0 amide bonds. The smallest absolute Gasteiger partial charge is 0.166 e. The van der Waals surface area contributed by atoms with Gasteiger partial charge in [-0.15, -0.1) is 0 Å². The molecule has 0 radical (unpaired) electrons. The maximum absolute atomic E-state index is 5.28. The van der Waals surface area contributed by atoms with Crippen molar-refractivity contribution in [3.05, 3.63) is 70.8 Å². The van der Waals surface area contributed by atoms with E-state index in [0.29, 0.717) is 0 Å². The van der Waals surface area contributed by atoms with E-state index in [2.05, 4.69) is 70.6 Å². The quantitative estimate of drug-likeness (QED) is 0.717. The van der Waals surface area contributed by atoms with E-state index in [4.69, 9.17) is 4.99 Å². The molecule has 0 N–H and O–H groups in total. The summed E-state index contributed by atoms with van der Waals surface area (Å²) < 4.78 is 0. The molecule has 2 aromatic carbocycles. The first kappa shape index (κ1) is 16.2. The van der Waals surface area contributed by atoms with Crippen LogP contribution in [-0.4, -0.2) is 39.8 Å². The van der Waals surface area contributed by atoms with Gasteiger partial charge in [-0.1, -0.05) is 84.2 Å². The Balaban J connectivity index is 1.62. The number of hydrogen-bond acceptors (Lipinski definition) is 4. The average Bonchev–Trinajstić information content (AvgIpc) is 3.34. The summed E-state index contributed by atoms with van der Waals surface area (Å²) in [6, 6.07) is 17.2. The monoisotopic (exact) mass is 377 g/mol. The van der Waals surface area contributed by atoms with Crippen LogP contribution in [0.3, 0.4) is 0 Å². The number of hydrogen-bond donors (Lipinski definition) is 0. The van der Waals surface area contributed by atoms with Crippen LogP contribution in [0.1, 0.15) is 28.3 Å². The Labute approximate surface area is 162 Å². The normalized spacial score (nSPS) is 20.8. The lowest BCUT2D eigenvalue weighted by molar-refractivity contribution is 0.677. The standard InChI is InChI=1S/C21H19N3S2/c1-3-7-17-15(5-1)9-10-16-6-2-4-8-18(16)19(17)23-21-24(12-14-26-21)20-22-11-13-25-20/h1-10,19H,11-14H2. The minimum absolute atomic E-state index is 0.0208. The number of aliphatic imine (C=N–C) groups is 2. The lowest BCUT2D eigenvalue weighted by Crippen LogP contribution is -2.29. The van der Waals surface area contributed by atoms with Crippen molar-refractivity contribution >= 4 is 46.0 Å². The van der Waals surface area contributed by atoms with Crippen LogP contribution in [0.2, 0.25) is 0 Å². The molecule has 0 bridgehead atoms. The molecule has 3 nitrogen and oxygen atoms in total. The molecule has 130 valence electrons. The predicted molar refractivity (Wildman–Crippen MR) is 115 cm³/mol. The number of benzene rings is 2. The summed E-state index contributed by atoms with van der Waals surface area (Å²) in [5.41, 5.74) is 5.05. The van der Waals surface area contributed by atoms with E-state index in [1.54, 1.807) is 0 Å². The zero-order chi connectivity index (χ0) is 17.3. The number of amidine groups is 2. The summed E-state index contributed by atoms with van der Waals surface area (Å²) in [5.74, 6) is 2.16. The SMILES string of the molecule is C1=Cc2ccccc2C(N=C2SCCN2C2=NCCS2)c2ccccc21. The Hall–Kier alpha value is -1.98. The fourth-order valence-electron chi connectivity index (χ4n) is 3.59. The second-order valence-corrected chi connectivity index (χ2v) is 8.54. The van der Waals surface area contributed by atoms with E-state index >= 15 is 0 Å². The van der Waals surface area contributed by atoms with Crippen molar-refractivity contribution in [1.82, 2.24) is 4.90 Å². The molecule has 0 saturated carbocycles. The minimum atomic E-state index is 0.0208. The maximum atomic E-state index is 5.28. The largest absolute Gasteiger partial charge is 0.300 e. The third kappa shape index (κ3) is 2.89. The molecule has 2 aliphatic heterocycles. The third-order valence-electron chi connectivity index (χ3n) is 4.84. The van der Waals surface area contributed by atoms with E-state index in [9.17, 15) is 0 Å². The van der Waals surface area contributed by atoms with Gasteiger partial charge in [0.05, 0.1) is 6.54 Å². The van der Waals surface area contributed by atoms with Gasteiger partial charge < -0.3 is 0 Å². The van der Waals surface area contributed by atoms with Gasteiger partial charge >= 0.3 is 0 Å². The molecular weight excluding hydrogens is 358 g/mol. The Morgan fingerprint density at radius 1 is 0.885 bits per heavy atom. The molecule has 26 heavy (non-hydrogen) atoms. The van der Waals surface area contributed by atoms with Gasteiger partial charge in [0.1, 0.15) is 6.04 Å². The number of nitrogens with zero attached hydrogens (tertiary/aromatic N) is 3. The molecule has 0 unspecified atom stereocenters. The van der Waals surface area contributed by atoms with E-state index in [-0.39, 0.29) is 6.04 Å². The molecule has 5 heteroatoms. The van der Waals surface area contributed by atoms with Crippen molar-refractivity contribution in [1.29, 1.82) is 0 Å². The van der Waals surface area contributed by atoms with Crippen LogP contribution in [0.4, 0.5) is 0 Å². The van der Waals surface area contributed by atoms with Crippen LogP contribution in [0.15, 0.2) is 58.5 Å². The summed E-state index contributed by atoms with van der Waals surface area (Å²) in [5, 5.41) is 2.25. The summed E-state index contributed by atoms with van der Waals surface area (Å²) in [6.07, 6.45) is 4.43. The summed E-state index contributed by atoms with van der Waals surface area (Å²) in [7, 11) is 0. The van der Waals surface area contributed by atoms with Gasteiger partial charge in [-0.3, -0.25) is 9.89 Å². The average molecular weight is 378 g/mol. The van der Waals surface area contributed by atoms with Crippen molar-refractivity contribution < 1.29 is 0 Å². The molecule has 5 rings (SSSR count). The van der Waals surface area contributed by atoms with E-state index < -0.39 is 0 Å². The first-order chi connectivity index (χ1) is 12.9. The topological polar surface area (TPSA) is 28.0 Å². The molecule has 0 spiro atoms. The zero-order valence-electron chi connectivity index (χ0n) is 14.3. The molecule has 3 aliphatic rings. The highest BCUT2D eigenvalue weighted by molar-refractivity contribution is 8.16. The molecule has 2 aromatic rings. The van der Waals surface area contributed by atoms with Crippen LogP contribution in [0.5, 0.6) is 0 Å². The van der Waals surface area contributed by atoms with Crippen molar-refractivity contribution in [2.75, 3.05) is 24.6 Å². The highest BCUT2D eigenvalue weighted by atomic mass is 32.2. The molecule has 1 saturated heterocycles. The van der Waals surface area contributed by atoms with Gasteiger partial charge in [-0.05, 0) is 22.3 Å². The van der Waals surface area contributed by atoms with Crippen LogP contribution in [0, 0.1) is 0 Å². The first-order valence-electron chi connectivity index (χ1n) is 8.91. The molecule has 0 atom stereocenters. The number of thioether (sulfide) groups is 2. The maximum Gasteiger partial charge on any atom is 0.166 e. The summed E-state index contributed by atoms with van der Waals surface area (Å²) in [4.78, 5) is 12.3. The molecule has 2 heterocycles. The van der Waals surface area contributed by atoms with Crippen molar-refractivity contribution in [2.45, 2.75) is 6.04 Å². The predicted octanol–water partition coefficient (Wildman–Crippen LogP) is 4.77. The first-order valence-corrected chi connectivity index (χ1v) is 10.9. The van der Waals surface area contributed by atoms with Gasteiger partial charge in [0, 0.05) is 18.1 Å². The highest BCUT2D eigenvalue weighted by Gasteiger charge is 2.29. The van der Waals surface area contributed by atoms with E-state index in [1.807, 2.05) is 23.5 Å². The Kier molecular flexibility index (Phi) is 4.35. The van der Waals surface area contributed by atoms with Crippen LogP contribution < -0.4 is 0 Å². The molecule has 0 aromatic heterocycles. The van der Waals surface area contributed by atoms with Gasteiger partial charge in [0.15, 0.2) is 10.3 Å². The lowest BCUT2D eigenvalue weighted by atomic mass is 9.95. The number of fused-ring (bicyclic) bond motifs is 2. The van der Waals surface area contributed by atoms with Gasteiger partial charge in [0.25, 0.3) is 0 Å². The van der Waals surface area contributed by atoms with Gasteiger partial charge in [0.2, 0.25) is 0 Å². The Bertz CT molecular complexity index is 883. The second kappa shape index (κ2) is 6.97. The fraction of sp³-hybridized carbons (Fsp3) is 0.238. The van der Waals surface area contributed by atoms with Gasteiger partial charge in [-0.2, -0.15) is 0 Å². The van der Waals surface area contributed by atoms with Crippen LogP contribution in [-0.2, 0) is 0 Å². The second-order valence-electron chi connectivity index (χ2n) is 6.42. The number of rotatable bonds is 1. The third-order valence-corrected chi connectivity index (χ3v) is 6.81. The zero-order valence-corrected chi connectivity index (χ0v) is 16.0. The highest BCUT2D eigenvalue weighted by Crippen LogP contribution is 2.37. The fourth-order valence-corrected chi connectivity index (χ4v) is 5.50. The summed E-state index contributed by atoms with van der Waals surface area (Å²) in [6.45, 7) is 1.93. The van der Waals surface area contributed by atoms with Crippen molar-refractivity contribution in [3.63, 3.8) is 0 Å². The summed E-state index contributed by atoms with van der Waals surface area (Å²) >= 11 is 3.70. The van der Waals surface area contributed by atoms with E-state index in [0.717, 1.165) is 34.9 Å².